The molecule has 0 aliphatic carbocycles. The van der Waals surface area contributed by atoms with Gasteiger partial charge in [0.2, 0.25) is 5.91 Å². The van der Waals surface area contributed by atoms with Crippen LogP contribution in [-0.2, 0) is 9.53 Å². The van der Waals surface area contributed by atoms with Gasteiger partial charge in [0, 0.05) is 35.8 Å². The number of hydrogen-bond acceptors (Lipinski definition) is 4. The zero-order valence-electron chi connectivity index (χ0n) is 15.1. The summed E-state index contributed by atoms with van der Waals surface area (Å²) in [6.07, 6.45) is 1.22. The molecule has 0 spiro atoms. The van der Waals surface area contributed by atoms with Crippen molar-refractivity contribution in [2.45, 2.75) is 45.2 Å². The van der Waals surface area contributed by atoms with Crippen LogP contribution in [0, 0.1) is 0 Å². The van der Waals surface area contributed by atoms with E-state index in [9.17, 15) is 9.59 Å². The molecule has 0 aromatic heterocycles. The molecule has 2 rings (SSSR count). The minimum absolute atomic E-state index is 0. The number of amides is 2. The quantitative estimate of drug-likeness (QED) is 0.719. The Labute approximate surface area is 155 Å². The minimum Gasteiger partial charge on any atom is -0.378 e. The van der Waals surface area contributed by atoms with Crippen LogP contribution >= 0.6 is 12.4 Å². The van der Waals surface area contributed by atoms with E-state index >= 15 is 0 Å². The van der Waals surface area contributed by atoms with E-state index in [0.717, 1.165) is 13.0 Å². The van der Waals surface area contributed by atoms with Crippen molar-refractivity contribution in [2.75, 3.05) is 25.1 Å². The Morgan fingerprint density at radius 1 is 1.28 bits per heavy atom. The van der Waals surface area contributed by atoms with Crippen molar-refractivity contribution in [3.8, 4) is 0 Å². The molecule has 1 fully saturated rings. The highest BCUT2D eigenvalue weighted by molar-refractivity contribution is 5.96. The van der Waals surface area contributed by atoms with Gasteiger partial charge in [0.15, 0.2) is 0 Å². The van der Waals surface area contributed by atoms with Crippen molar-refractivity contribution in [3.05, 3.63) is 29.8 Å². The van der Waals surface area contributed by atoms with Gasteiger partial charge in [0.25, 0.3) is 5.91 Å². The second-order valence-corrected chi connectivity index (χ2v) is 6.75. The van der Waals surface area contributed by atoms with E-state index in [0.29, 0.717) is 30.9 Å². The summed E-state index contributed by atoms with van der Waals surface area (Å²) in [7, 11) is 0. The molecule has 25 heavy (non-hydrogen) atoms. The van der Waals surface area contributed by atoms with Gasteiger partial charge in [-0.3, -0.25) is 9.59 Å². The number of halogens is 1. The Kier molecular flexibility index (Phi) is 8.35. The van der Waals surface area contributed by atoms with Crippen LogP contribution in [0.5, 0.6) is 0 Å². The Morgan fingerprint density at radius 2 is 1.96 bits per heavy atom. The smallest absolute Gasteiger partial charge is 0.251 e. The number of anilines is 1. The van der Waals surface area contributed by atoms with Gasteiger partial charge in [0.1, 0.15) is 0 Å². The van der Waals surface area contributed by atoms with E-state index < -0.39 is 0 Å². The van der Waals surface area contributed by atoms with Crippen LogP contribution in [0.3, 0.4) is 0 Å². The number of carbonyl (C=O) groups is 2. The van der Waals surface area contributed by atoms with Crippen LogP contribution in [0.15, 0.2) is 24.3 Å². The second kappa shape index (κ2) is 9.75. The van der Waals surface area contributed by atoms with E-state index in [1.54, 1.807) is 24.3 Å². The van der Waals surface area contributed by atoms with Crippen LogP contribution in [0.25, 0.3) is 0 Å². The zero-order chi connectivity index (χ0) is 17.6. The summed E-state index contributed by atoms with van der Waals surface area (Å²) in [4.78, 5) is 24.2. The Balaban J connectivity index is 0.00000312. The first-order valence-corrected chi connectivity index (χ1v) is 8.43. The molecule has 140 valence electrons. The molecule has 1 heterocycles. The van der Waals surface area contributed by atoms with Crippen molar-refractivity contribution in [2.24, 2.45) is 0 Å². The topological polar surface area (TPSA) is 79.5 Å². The van der Waals surface area contributed by atoms with Crippen molar-refractivity contribution in [1.82, 2.24) is 10.6 Å². The highest BCUT2D eigenvalue weighted by atomic mass is 35.5. The molecule has 1 aliphatic heterocycles. The Bertz CT molecular complexity index is 569. The Morgan fingerprint density at radius 3 is 2.52 bits per heavy atom. The van der Waals surface area contributed by atoms with Gasteiger partial charge in [-0.25, -0.2) is 0 Å². The molecule has 0 radical (unpaired) electrons. The van der Waals surface area contributed by atoms with Crippen molar-refractivity contribution < 1.29 is 14.3 Å². The summed E-state index contributed by atoms with van der Waals surface area (Å²) < 4.78 is 5.34. The number of ether oxygens (including phenoxy) is 1. The summed E-state index contributed by atoms with van der Waals surface area (Å²) in [5.74, 6) is -0.175. The van der Waals surface area contributed by atoms with Gasteiger partial charge < -0.3 is 20.7 Å². The fourth-order valence-corrected chi connectivity index (χ4v) is 2.36. The van der Waals surface area contributed by atoms with Gasteiger partial charge in [-0.05, 0) is 44.5 Å². The lowest BCUT2D eigenvalue weighted by Gasteiger charge is -2.24. The maximum atomic E-state index is 12.2. The summed E-state index contributed by atoms with van der Waals surface area (Å²) in [5, 5.41) is 9.09. The molecule has 6 nitrogen and oxygen atoms in total. The predicted octanol–water partition coefficient (Wildman–Crippen LogP) is 2.34. The fourth-order valence-electron chi connectivity index (χ4n) is 2.36. The highest BCUT2D eigenvalue weighted by Crippen LogP contribution is 2.13. The molecule has 3 N–H and O–H groups in total. The predicted molar refractivity (Wildman–Crippen MR) is 101 cm³/mol. The van der Waals surface area contributed by atoms with Crippen molar-refractivity contribution in [3.63, 3.8) is 0 Å². The molecule has 1 aromatic rings. The van der Waals surface area contributed by atoms with Crippen LogP contribution in [0.1, 0.15) is 44.0 Å². The summed E-state index contributed by atoms with van der Waals surface area (Å²) in [6, 6.07) is 6.99. The number of nitrogens with one attached hydrogen (secondary N) is 3. The molecule has 0 bridgehead atoms. The average molecular weight is 370 g/mol. The first kappa shape index (κ1) is 21.4. The van der Waals surface area contributed by atoms with Crippen LogP contribution in [-0.4, -0.2) is 43.2 Å². The molecule has 1 saturated heterocycles. The van der Waals surface area contributed by atoms with Gasteiger partial charge in [-0.2, -0.15) is 0 Å². The van der Waals surface area contributed by atoms with Crippen LogP contribution < -0.4 is 16.0 Å². The van der Waals surface area contributed by atoms with Crippen molar-refractivity contribution >= 4 is 29.9 Å². The normalized spacial score (nSPS) is 17.3. The van der Waals surface area contributed by atoms with E-state index in [4.69, 9.17) is 4.74 Å². The third-order valence-corrected chi connectivity index (χ3v) is 4.20. The number of hydrogen-bond donors (Lipinski definition) is 3. The standard InChI is InChI=1S/C18H27N3O3.ClH/c1-4-18(2,3)21-17(23)13-5-7-14(8-6-13)20-16(22)11-15-12-24-10-9-19-15;/h5-8,15,19H,4,9-12H2,1-3H3,(H,20,22)(H,21,23);1H. The van der Waals surface area contributed by atoms with Crippen molar-refractivity contribution in [1.29, 1.82) is 0 Å². The number of morpholine rings is 1. The summed E-state index contributed by atoms with van der Waals surface area (Å²) in [6.45, 7) is 8.03. The molecular formula is C18H28ClN3O3. The highest BCUT2D eigenvalue weighted by Gasteiger charge is 2.19. The zero-order valence-corrected chi connectivity index (χ0v) is 15.9. The van der Waals surface area contributed by atoms with Gasteiger partial charge >= 0.3 is 0 Å². The Hall–Kier alpha value is -1.63. The molecule has 1 aliphatic rings. The molecule has 2 amide bonds. The van der Waals surface area contributed by atoms with E-state index in [1.165, 1.54) is 0 Å². The average Bonchev–Trinajstić information content (AvgIpc) is 2.56. The van der Waals surface area contributed by atoms with Crippen LogP contribution in [0.4, 0.5) is 5.69 Å². The largest absolute Gasteiger partial charge is 0.378 e. The minimum atomic E-state index is -0.237. The summed E-state index contributed by atoms with van der Waals surface area (Å²) in [5.41, 5.74) is 1.03. The van der Waals surface area contributed by atoms with Gasteiger partial charge in [0.05, 0.1) is 13.2 Å². The lowest BCUT2D eigenvalue weighted by Crippen LogP contribution is -2.43. The fraction of sp³-hybridized carbons (Fsp3) is 0.556. The van der Waals surface area contributed by atoms with E-state index in [-0.39, 0.29) is 35.8 Å². The third kappa shape index (κ3) is 7.02. The molecular weight excluding hydrogens is 342 g/mol. The number of carbonyl (C=O) groups excluding carboxylic acids is 2. The summed E-state index contributed by atoms with van der Waals surface area (Å²) >= 11 is 0. The second-order valence-electron chi connectivity index (χ2n) is 6.75. The maximum Gasteiger partial charge on any atom is 0.251 e. The first-order valence-electron chi connectivity index (χ1n) is 8.43. The van der Waals surface area contributed by atoms with E-state index in [1.807, 2.05) is 20.8 Å². The lowest BCUT2D eigenvalue weighted by molar-refractivity contribution is -0.117. The molecule has 1 aromatic carbocycles. The first-order chi connectivity index (χ1) is 11.4. The van der Waals surface area contributed by atoms with Gasteiger partial charge in [-0.1, -0.05) is 6.92 Å². The van der Waals surface area contributed by atoms with E-state index in [2.05, 4.69) is 16.0 Å². The monoisotopic (exact) mass is 369 g/mol. The maximum absolute atomic E-state index is 12.2. The molecule has 7 heteroatoms. The van der Waals surface area contributed by atoms with Crippen LogP contribution in [0.2, 0.25) is 0 Å². The molecule has 1 unspecified atom stereocenters. The third-order valence-electron chi connectivity index (χ3n) is 4.20. The number of rotatable bonds is 6. The molecule has 0 saturated carbocycles. The SMILES string of the molecule is CCC(C)(C)NC(=O)c1ccc(NC(=O)CC2COCCN2)cc1.Cl. The lowest BCUT2D eigenvalue weighted by atomic mass is 10.0. The number of benzene rings is 1. The van der Waals surface area contributed by atoms with Gasteiger partial charge in [-0.15, -0.1) is 12.4 Å². The molecule has 1 atom stereocenters.